The summed E-state index contributed by atoms with van der Waals surface area (Å²) in [5.74, 6) is -0.936. The Morgan fingerprint density at radius 3 is 2.67 bits per heavy atom. The molecule has 2 heterocycles. The van der Waals surface area contributed by atoms with Crippen LogP contribution in [0.25, 0.3) is 11.8 Å². The predicted octanol–water partition coefficient (Wildman–Crippen LogP) is 3.56. The predicted molar refractivity (Wildman–Crippen MR) is 111 cm³/mol. The van der Waals surface area contributed by atoms with Crippen molar-refractivity contribution in [3.05, 3.63) is 70.5 Å². The molecule has 0 radical (unpaired) electrons. The first-order valence-electron chi connectivity index (χ1n) is 8.28. The van der Waals surface area contributed by atoms with Crippen LogP contribution in [0, 0.1) is 13.8 Å². The Balaban J connectivity index is 2.06. The quantitative estimate of drug-likeness (QED) is 0.370. The fourth-order valence-electron chi connectivity index (χ4n) is 3.09. The number of thiocarbonyl (C=S) groups is 1. The molecule has 1 aromatic carbocycles. The first-order chi connectivity index (χ1) is 12.8. The third kappa shape index (κ3) is 3.59. The monoisotopic (exact) mass is 399 g/mol. The summed E-state index contributed by atoms with van der Waals surface area (Å²) in [5, 5.41) is 3.28. The Morgan fingerprint density at radius 1 is 1.26 bits per heavy atom. The molecule has 0 saturated carbocycles. The highest BCUT2D eigenvalue weighted by Crippen LogP contribution is 2.25. The molecule has 1 fully saturated rings. The highest BCUT2D eigenvalue weighted by atomic mass is 35.5. The summed E-state index contributed by atoms with van der Waals surface area (Å²) in [6.07, 6.45) is 3.16. The zero-order chi connectivity index (χ0) is 19.7. The van der Waals surface area contributed by atoms with Gasteiger partial charge in [0.1, 0.15) is 5.57 Å². The second-order valence-electron chi connectivity index (χ2n) is 6.16. The fraction of sp³-hybridized carbons (Fsp3) is 0.150. The lowest BCUT2D eigenvalue weighted by Gasteiger charge is -2.27. The van der Waals surface area contributed by atoms with Crippen molar-refractivity contribution < 1.29 is 9.59 Å². The second kappa shape index (κ2) is 7.50. The van der Waals surface area contributed by atoms with Crippen molar-refractivity contribution in [3.8, 4) is 5.69 Å². The maximum absolute atomic E-state index is 12.7. The molecule has 3 rings (SSSR count). The van der Waals surface area contributed by atoms with E-state index in [2.05, 4.69) is 11.9 Å². The Bertz CT molecular complexity index is 1010. The summed E-state index contributed by atoms with van der Waals surface area (Å²) in [5.41, 5.74) is 3.58. The molecule has 0 spiro atoms. The van der Waals surface area contributed by atoms with Crippen molar-refractivity contribution >= 4 is 46.8 Å². The molecule has 0 bridgehead atoms. The van der Waals surface area contributed by atoms with Gasteiger partial charge in [0, 0.05) is 28.6 Å². The summed E-state index contributed by atoms with van der Waals surface area (Å²) >= 11 is 11.2. The van der Waals surface area contributed by atoms with E-state index in [0.717, 1.165) is 22.6 Å². The Kier molecular flexibility index (Phi) is 5.30. The van der Waals surface area contributed by atoms with Gasteiger partial charge in [0.05, 0.1) is 0 Å². The number of benzene rings is 1. The molecule has 0 unspecified atom stereocenters. The van der Waals surface area contributed by atoms with Crippen LogP contribution in [0.3, 0.4) is 0 Å². The summed E-state index contributed by atoms with van der Waals surface area (Å²) in [4.78, 5) is 26.3. The van der Waals surface area contributed by atoms with Crippen molar-refractivity contribution in [2.75, 3.05) is 6.54 Å². The van der Waals surface area contributed by atoms with Crippen LogP contribution in [0.5, 0.6) is 0 Å². The van der Waals surface area contributed by atoms with Gasteiger partial charge in [0.15, 0.2) is 5.11 Å². The zero-order valence-electron chi connectivity index (χ0n) is 15.0. The van der Waals surface area contributed by atoms with Crippen LogP contribution in [0.4, 0.5) is 0 Å². The lowest BCUT2D eigenvalue weighted by Crippen LogP contribution is -2.53. The van der Waals surface area contributed by atoms with Gasteiger partial charge in [-0.05, 0) is 62.0 Å². The van der Waals surface area contributed by atoms with Crippen LogP contribution in [0.15, 0.2) is 48.6 Å². The van der Waals surface area contributed by atoms with Crippen LogP contribution >= 0.6 is 23.8 Å². The first kappa shape index (κ1) is 19.1. The molecule has 1 saturated heterocycles. The van der Waals surface area contributed by atoms with E-state index in [1.165, 1.54) is 4.90 Å². The molecule has 7 heteroatoms. The Morgan fingerprint density at radius 2 is 2.00 bits per heavy atom. The van der Waals surface area contributed by atoms with Crippen LogP contribution in [0.1, 0.15) is 17.0 Å². The van der Waals surface area contributed by atoms with Gasteiger partial charge in [0.25, 0.3) is 11.8 Å². The standard InChI is InChI=1S/C20H18ClN3O2S/c1-4-8-23-19(26)17(18(25)22-20(23)27)10-14-9-12(2)24(13(14)3)16-7-5-6-15(21)11-16/h4-7,9-11H,1,8H2,2-3H3,(H,22,25,27)/b17-10+. The maximum atomic E-state index is 12.7. The van der Waals surface area contributed by atoms with Crippen molar-refractivity contribution in [1.29, 1.82) is 0 Å². The number of halogens is 1. The molecular formula is C20H18ClN3O2S. The third-order valence-electron chi connectivity index (χ3n) is 4.33. The van der Waals surface area contributed by atoms with Crippen molar-refractivity contribution in [2.45, 2.75) is 13.8 Å². The number of hydrogen-bond donors (Lipinski definition) is 1. The van der Waals surface area contributed by atoms with Gasteiger partial charge < -0.3 is 4.57 Å². The number of rotatable bonds is 4. The SMILES string of the molecule is C=CCN1C(=O)/C(=C/c2cc(C)n(-c3cccc(Cl)c3)c2C)C(=O)NC1=S. The first-order valence-corrected chi connectivity index (χ1v) is 9.06. The summed E-state index contributed by atoms with van der Waals surface area (Å²) in [6.45, 7) is 7.74. The van der Waals surface area contributed by atoms with Gasteiger partial charge in [-0.2, -0.15) is 0 Å². The van der Waals surface area contributed by atoms with E-state index in [0.29, 0.717) is 5.02 Å². The van der Waals surface area contributed by atoms with Crippen molar-refractivity contribution in [2.24, 2.45) is 0 Å². The van der Waals surface area contributed by atoms with Crippen LogP contribution in [-0.4, -0.2) is 32.9 Å². The molecule has 1 aliphatic heterocycles. The van der Waals surface area contributed by atoms with E-state index in [1.807, 2.05) is 48.7 Å². The molecule has 0 atom stereocenters. The van der Waals surface area contributed by atoms with Gasteiger partial charge in [-0.25, -0.2) is 0 Å². The molecule has 2 amide bonds. The molecule has 27 heavy (non-hydrogen) atoms. The number of nitrogens with one attached hydrogen (secondary N) is 1. The lowest BCUT2D eigenvalue weighted by atomic mass is 10.1. The van der Waals surface area contributed by atoms with Crippen LogP contribution in [0.2, 0.25) is 5.02 Å². The smallest absolute Gasteiger partial charge is 0.265 e. The van der Waals surface area contributed by atoms with Gasteiger partial charge in [-0.3, -0.25) is 19.8 Å². The number of hydrogen-bond acceptors (Lipinski definition) is 3. The summed E-state index contributed by atoms with van der Waals surface area (Å²) in [6, 6.07) is 9.42. The average Bonchev–Trinajstić information content (AvgIpc) is 2.89. The second-order valence-corrected chi connectivity index (χ2v) is 6.99. The van der Waals surface area contributed by atoms with Gasteiger partial charge >= 0.3 is 0 Å². The van der Waals surface area contributed by atoms with Gasteiger partial charge in [0.2, 0.25) is 0 Å². The summed E-state index contributed by atoms with van der Waals surface area (Å²) in [7, 11) is 0. The lowest BCUT2D eigenvalue weighted by molar-refractivity contribution is -0.128. The molecule has 2 aromatic rings. The molecular weight excluding hydrogens is 382 g/mol. The topological polar surface area (TPSA) is 54.3 Å². The summed E-state index contributed by atoms with van der Waals surface area (Å²) < 4.78 is 2.02. The number of aromatic nitrogens is 1. The van der Waals surface area contributed by atoms with Gasteiger partial charge in [-0.15, -0.1) is 6.58 Å². The van der Waals surface area contributed by atoms with Crippen molar-refractivity contribution in [1.82, 2.24) is 14.8 Å². The van der Waals surface area contributed by atoms with Crippen LogP contribution < -0.4 is 5.32 Å². The highest BCUT2D eigenvalue weighted by molar-refractivity contribution is 7.80. The molecule has 1 aromatic heterocycles. The molecule has 0 aliphatic carbocycles. The minimum atomic E-state index is -0.502. The minimum Gasteiger partial charge on any atom is -0.318 e. The zero-order valence-corrected chi connectivity index (χ0v) is 16.5. The number of amides is 2. The Labute approximate surface area is 167 Å². The third-order valence-corrected chi connectivity index (χ3v) is 4.89. The highest BCUT2D eigenvalue weighted by Gasteiger charge is 2.32. The number of carbonyl (C=O) groups excluding carboxylic acids is 2. The van der Waals surface area contributed by atoms with E-state index in [-0.39, 0.29) is 17.2 Å². The van der Waals surface area contributed by atoms with Crippen LogP contribution in [-0.2, 0) is 9.59 Å². The number of nitrogens with zero attached hydrogens (tertiary/aromatic N) is 2. The minimum absolute atomic E-state index is 0.0387. The number of aryl methyl sites for hydroxylation is 1. The van der Waals surface area contributed by atoms with Gasteiger partial charge in [-0.1, -0.05) is 23.7 Å². The average molecular weight is 400 g/mol. The molecule has 5 nitrogen and oxygen atoms in total. The van der Waals surface area contributed by atoms with Crippen molar-refractivity contribution in [3.63, 3.8) is 0 Å². The molecule has 138 valence electrons. The van der Waals surface area contributed by atoms with E-state index in [4.69, 9.17) is 23.8 Å². The molecule has 1 N–H and O–H groups in total. The fourth-order valence-corrected chi connectivity index (χ4v) is 3.53. The maximum Gasteiger partial charge on any atom is 0.265 e. The Hall–Kier alpha value is -2.70. The van der Waals surface area contributed by atoms with E-state index >= 15 is 0 Å². The van der Waals surface area contributed by atoms with E-state index < -0.39 is 11.8 Å². The van der Waals surface area contributed by atoms with E-state index in [9.17, 15) is 9.59 Å². The van der Waals surface area contributed by atoms with E-state index in [1.54, 1.807) is 12.2 Å². The largest absolute Gasteiger partial charge is 0.318 e. The molecule has 1 aliphatic rings. The normalized spacial score (nSPS) is 16.0. The number of carbonyl (C=O) groups is 2.